The van der Waals surface area contributed by atoms with Crippen LogP contribution >= 0.6 is 11.8 Å². The fourth-order valence-corrected chi connectivity index (χ4v) is 3.00. The van der Waals surface area contributed by atoms with E-state index in [1.165, 1.54) is 12.4 Å². The van der Waals surface area contributed by atoms with Gasteiger partial charge in [0.1, 0.15) is 4.90 Å². The Balaban J connectivity index is 2.43. The van der Waals surface area contributed by atoms with Crippen LogP contribution in [0.2, 0.25) is 0 Å². The van der Waals surface area contributed by atoms with Crippen LogP contribution in [0.1, 0.15) is 26.2 Å². The van der Waals surface area contributed by atoms with E-state index in [1.807, 2.05) is 6.92 Å². The third-order valence-corrected chi connectivity index (χ3v) is 4.70. The van der Waals surface area contributed by atoms with Crippen LogP contribution in [0.4, 0.5) is 5.95 Å². The summed E-state index contributed by atoms with van der Waals surface area (Å²) in [6.07, 6.45) is 7.70. The highest BCUT2D eigenvalue weighted by molar-refractivity contribution is 7.98. The van der Waals surface area contributed by atoms with Gasteiger partial charge in [0, 0.05) is 13.1 Å². The molecule has 1 aromatic heterocycles. The Morgan fingerprint density at radius 2 is 1.90 bits per heavy atom. The molecule has 1 heterocycles. The summed E-state index contributed by atoms with van der Waals surface area (Å²) in [6, 6.07) is 0. The normalized spacial score (nSPS) is 11.5. The Morgan fingerprint density at radius 3 is 2.50 bits per heavy atom. The molecule has 0 aromatic carbocycles. The summed E-state index contributed by atoms with van der Waals surface area (Å²) in [4.78, 5) is 8.02. The Labute approximate surface area is 125 Å². The van der Waals surface area contributed by atoms with E-state index in [0.717, 1.165) is 25.0 Å². The second kappa shape index (κ2) is 9.15. The highest BCUT2D eigenvalue weighted by Gasteiger charge is 2.14. The van der Waals surface area contributed by atoms with Gasteiger partial charge in [-0.3, -0.25) is 0 Å². The van der Waals surface area contributed by atoms with Gasteiger partial charge in [-0.2, -0.15) is 11.8 Å². The second-order valence-electron chi connectivity index (χ2n) is 4.22. The molecule has 1 aromatic rings. The molecule has 0 atom stereocenters. The largest absolute Gasteiger partial charge is 0.355 e. The summed E-state index contributed by atoms with van der Waals surface area (Å²) < 4.78 is 26.5. The second-order valence-corrected chi connectivity index (χ2v) is 6.98. The first-order valence-electron chi connectivity index (χ1n) is 6.64. The smallest absolute Gasteiger partial charge is 0.243 e. The van der Waals surface area contributed by atoms with Crippen molar-refractivity contribution in [2.24, 2.45) is 0 Å². The predicted molar refractivity (Wildman–Crippen MR) is 83.6 cm³/mol. The lowest BCUT2D eigenvalue weighted by Crippen LogP contribution is -2.25. The topological polar surface area (TPSA) is 84.0 Å². The van der Waals surface area contributed by atoms with Crippen molar-refractivity contribution >= 4 is 27.7 Å². The van der Waals surface area contributed by atoms with E-state index >= 15 is 0 Å². The Bertz CT molecular complexity index is 477. The van der Waals surface area contributed by atoms with Crippen molar-refractivity contribution in [1.82, 2.24) is 14.7 Å². The van der Waals surface area contributed by atoms with Gasteiger partial charge in [0.15, 0.2) is 0 Å². The standard InChI is InChI=1S/C12H22N4O2S2/c1-3-13-12-14-9-11(10-15-12)20(17,18)16-7-5-4-6-8-19-2/h9-10,16H,3-8H2,1-2H3,(H,13,14,15). The molecule has 114 valence electrons. The highest BCUT2D eigenvalue weighted by Crippen LogP contribution is 2.08. The van der Waals surface area contributed by atoms with E-state index in [-0.39, 0.29) is 4.90 Å². The summed E-state index contributed by atoms with van der Waals surface area (Å²) >= 11 is 1.81. The van der Waals surface area contributed by atoms with E-state index in [4.69, 9.17) is 0 Å². The lowest BCUT2D eigenvalue weighted by atomic mass is 10.2. The maximum absolute atomic E-state index is 12.0. The molecule has 6 nitrogen and oxygen atoms in total. The van der Waals surface area contributed by atoms with Crippen molar-refractivity contribution in [3.05, 3.63) is 12.4 Å². The average Bonchev–Trinajstić information content (AvgIpc) is 2.44. The van der Waals surface area contributed by atoms with Gasteiger partial charge in [0.25, 0.3) is 0 Å². The quantitative estimate of drug-likeness (QED) is 0.639. The summed E-state index contributed by atoms with van der Waals surface area (Å²) in [5.74, 6) is 1.55. The van der Waals surface area contributed by atoms with Crippen molar-refractivity contribution in [3.8, 4) is 0 Å². The Morgan fingerprint density at radius 1 is 1.20 bits per heavy atom. The molecule has 0 aliphatic rings. The number of unbranched alkanes of at least 4 members (excludes halogenated alkanes) is 2. The number of nitrogens with zero attached hydrogens (tertiary/aromatic N) is 2. The fraction of sp³-hybridized carbons (Fsp3) is 0.667. The van der Waals surface area contributed by atoms with Gasteiger partial charge < -0.3 is 5.32 Å². The number of nitrogens with one attached hydrogen (secondary N) is 2. The third kappa shape index (κ3) is 6.06. The van der Waals surface area contributed by atoms with E-state index in [2.05, 4.69) is 26.3 Å². The molecule has 0 spiro atoms. The zero-order chi connectivity index (χ0) is 14.8. The number of hydrogen-bond donors (Lipinski definition) is 2. The predicted octanol–water partition coefficient (Wildman–Crippen LogP) is 1.72. The van der Waals surface area contributed by atoms with Crippen LogP contribution in [-0.4, -0.2) is 43.5 Å². The molecular weight excluding hydrogens is 296 g/mol. The molecule has 0 bridgehead atoms. The first-order chi connectivity index (χ1) is 9.60. The van der Waals surface area contributed by atoms with Gasteiger partial charge in [-0.1, -0.05) is 6.42 Å². The van der Waals surface area contributed by atoms with Crippen LogP contribution in [0.15, 0.2) is 17.3 Å². The molecule has 0 fully saturated rings. The Hall–Kier alpha value is -0.860. The van der Waals surface area contributed by atoms with Crippen LogP contribution in [0.3, 0.4) is 0 Å². The first kappa shape index (κ1) is 17.2. The fourth-order valence-electron chi connectivity index (χ4n) is 1.54. The molecule has 0 aliphatic heterocycles. The number of aromatic nitrogens is 2. The molecule has 0 radical (unpaired) electrons. The number of hydrogen-bond acceptors (Lipinski definition) is 6. The van der Waals surface area contributed by atoms with Gasteiger partial charge in [-0.05, 0) is 31.8 Å². The van der Waals surface area contributed by atoms with E-state index < -0.39 is 10.0 Å². The zero-order valence-corrected chi connectivity index (χ0v) is 13.6. The number of anilines is 1. The monoisotopic (exact) mass is 318 g/mol. The minimum absolute atomic E-state index is 0.100. The molecule has 2 N–H and O–H groups in total. The van der Waals surface area contributed by atoms with Gasteiger partial charge >= 0.3 is 0 Å². The highest BCUT2D eigenvalue weighted by atomic mass is 32.2. The number of thioether (sulfide) groups is 1. The molecule has 20 heavy (non-hydrogen) atoms. The van der Waals surface area contributed by atoms with Gasteiger partial charge in [-0.15, -0.1) is 0 Å². The SMILES string of the molecule is CCNc1ncc(S(=O)(=O)NCCCCCSC)cn1. The molecule has 0 amide bonds. The minimum atomic E-state index is -3.49. The van der Waals surface area contributed by atoms with E-state index in [1.54, 1.807) is 11.8 Å². The van der Waals surface area contributed by atoms with Crippen LogP contribution in [0.25, 0.3) is 0 Å². The van der Waals surface area contributed by atoms with Crippen molar-refractivity contribution in [1.29, 1.82) is 0 Å². The van der Waals surface area contributed by atoms with Crippen molar-refractivity contribution in [2.45, 2.75) is 31.1 Å². The first-order valence-corrected chi connectivity index (χ1v) is 9.52. The molecular formula is C12H22N4O2S2. The molecule has 8 heteroatoms. The van der Waals surface area contributed by atoms with Gasteiger partial charge in [0.2, 0.25) is 16.0 Å². The van der Waals surface area contributed by atoms with E-state index in [0.29, 0.717) is 19.0 Å². The maximum Gasteiger partial charge on any atom is 0.243 e. The lowest BCUT2D eigenvalue weighted by Gasteiger charge is -2.07. The molecule has 1 rings (SSSR count). The Kier molecular flexibility index (Phi) is 7.86. The van der Waals surface area contributed by atoms with Crippen LogP contribution in [-0.2, 0) is 10.0 Å². The molecule has 0 unspecified atom stereocenters. The zero-order valence-electron chi connectivity index (χ0n) is 11.9. The van der Waals surface area contributed by atoms with Gasteiger partial charge in [-0.25, -0.2) is 23.1 Å². The average molecular weight is 318 g/mol. The van der Waals surface area contributed by atoms with E-state index in [9.17, 15) is 8.42 Å². The number of rotatable bonds is 10. The lowest BCUT2D eigenvalue weighted by molar-refractivity contribution is 0.575. The van der Waals surface area contributed by atoms with Crippen molar-refractivity contribution in [3.63, 3.8) is 0 Å². The van der Waals surface area contributed by atoms with Crippen LogP contribution in [0.5, 0.6) is 0 Å². The number of sulfonamides is 1. The summed E-state index contributed by atoms with van der Waals surface area (Å²) in [6.45, 7) is 3.07. The molecule has 0 aliphatic carbocycles. The van der Waals surface area contributed by atoms with Crippen molar-refractivity contribution in [2.75, 3.05) is 30.4 Å². The summed E-state index contributed by atoms with van der Waals surface area (Å²) in [5, 5.41) is 2.92. The van der Waals surface area contributed by atoms with Gasteiger partial charge in [0.05, 0.1) is 12.4 Å². The molecule has 0 saturated carbocycles. The maximum atomic E-state index is 12.0. The minimum Gasteiger partial charge on any atom is -0.355 e. The van der Waals surface area contributed by atoms with Crippen molar-refractivity contribution < 1.29 is 8.42 Å². The summed E-state index contributed by atoms with van der Waals surface area (Å²) in [5.41, 5.74) is 0. The third-order valence-electron chi connectivity index (χ3n) is 2.59. The summed E-state index contributed by atoms with van der Waals surface area (Å²) in [7, 11) is -3.49. The molecule has 0 saturated heterocycles. The van der Waals surface area contributed by atoms with Crippen LogP contribution in [0, 0.1) is 0 Å². The van der Waals surface area contributed by atoms with Crippen LogP contribution < -0.4 is 10.0 Å².